The minimum Gasteiger partial charge on any atom is -0.462 e. The summed E-state index contributed by atoms with van der Waals surface area (Å²) < 4.78 is 54.5. The molecular weight excluding hydrogens is 651 g/mol. The second-order valence-corrected chi connectivity index (χ2v) is 12.7. The van der Waals surface area contributed by atoms with Crippen LogP contribution in [0.25, 0.3) is 21.9 Å². The van der Waals surface area contributed by atoms with E-state index in [1.807, 2.05) is 42.3 Å². The van der Waals surface area contributed by atoms with Crippen molar-refractivity contribution < 1.29 is 27.4 Å². The molecule has 2 aliphatic rings. The molecule has 2 N–H and O–H groups in total. The molecule has 2 aliphatic heterocycles. The molecule has 3 aromatic heterocycles. The van der Waals surface area contributed by atoms with Gasteiger partial charge in [0.1, 0.15) is 24.2 Å². The molecule has 15 heteroatoms. The second kappa shape index (κ2) is 13.9. The van der Waals surface area contributed by atoms with Crippen LogP contribution in [-0.4, -0.2) is 93.0 Å². The Balaban J connectivity index is 1.21. The molecule has 0 unspecified atom stereocenters. The topological polar surface area (TPSA) is 139 Å². The summed E-state index contributed by atoms with van der Waals surface area (Å²) in [6.45, 7) is 2.31. The number of anilines is 1. The number of benzene rings is 2. The van der Waals surface area contributed by atoms with E-state index in [-0.39, 0.29) is 50.2 Å². The summed E-state index contributed by atoms with van der Waals surface area (Å²) in [6.07, 6.45) is -0.0277. The Labute approximate surface area is 285 Å². The molecule has 0 saturated carbocycles. The molecule has 0 spiro atoms. The standard InChI is InChI=1S/C35H36F3N9O3/c1-45-13-5-8-25(45)21-49-33-42-30-23(16-26-27-18-41-44-29(27)10-9-28(26)35(36,37)38)17-40-31(30)32(43-33)46-14-15-47(24(19-46)11-12-39)34(48)50-20-22-6-3-2-4-7-22/h2-4,6-7,9-10,17-18,24-25,40H,5,8,11,13-16,19-21H2,1H3,(H,41,44)/t24-,25-/m0/s1. The van der Waals surface area contributed by atoms with E-state index in [1.165, 1.54) is 12.3 Å². The number of ether oxygens (including phenoxy) is 2. The fourth-order valence-electron chi connectivity index (χ4n) is 6.90. The first-order chi connectivity index (χ1) is 24.2. The number of nitriles is 1. The van der Waals surface area contributed by atoms with Gasteiger partial charge in [0.05, 0.1) is 35.8 Å². The normalized spacial score (nSPS) is 18.5. The predicted molar refractivity (Wildman–Crippen MR) is 179 cm³/mol. The van der Waals surface area contributed by atoms with Crippen molar-refractivity contribution in [1.82, 2.24) is 34.9 Å². The van der Waals surface area contributed by atoms with Crippen molar-refractivity contribution in [2.45, 2.75) is 50.6 Å². The van der Waals surface area contributed by atoms with E-state index >= 15 is 0 Å². The Bertz CT molecular complexity index is 2020. The Hall–Kier alpha value is -5.36. The molecule has 5 aromatic rings. The lowest BCUT2D eigenvalue weighted by Gasteiger charge is -2.40. The van der Waals surface area contributed by atoms with E-state index in [2.05, 4.69) is 26.2 Å². The van der Waals surface area contributed by atoms with Crippen molar-refractivity contribution in [3.05, 3.63) is 77.1 Å². The number of hydrogen-bond acceptors (Lipinski definition) is 9. The first-order valence-corrected chi connectivity index (χ1v) is 16.5. The Morgan fingerprint density at radius 1 is 1.10 bits per heavy atom. The molecule has 7 rings (SSSR count). The molecule has 5 heterocycles. The molecule has 12 nitrogen and oxygen atoms in total. The van der Waals surface area contributed by atoms with Crippen LogP contribution in [0.3, 0.4) is 0 Å². The lowest BCUT2D eigenvalue weighted by atomic mass is 9.97. The number of fused-ring (bicyclic) bond motifs is 2. The molecule has 0 bridgehead atoms. The van der Waals surface area contributed by atoms with Crippen LogP contribution in [0.4, 0.5) is 23.8 Å². The second-order valence-electron chi connectivity index (χ2n) is 12.7. The van der Waals surface area contributed by atoms with Gasteiger partial charge < -0.3 is 29.2 Å². The van der Waals surface area contributed by atoms with Gasteiger partial charge in [-0.05, 0) is 49.7 Å². The number of nitrogens with zero attached hydrogens (tertiary/aromatic N) is 7. The lowest BCUT2D eigenvalue weighted by Crippen LogP contribution is -2.55. The highest BCUT2D eigenvalue weighted by atomic mass is 19.4. The van der Waals surface area contributed by atoms with Gasteiger partial charge in [-0.25, -0.2) is 4.79 Å². The van der Waals surface area contributed by atoms with Gasteiger partial charge in [-0.2, -0.15) is 33.5 Å². The first kappa shape index (κ1) is 33.2. The summed E-state index contributed by atoms with van der Waals surface area (Å²) in [4.78, 5) is 31.7. The molecule has 2 aromatic carbocycles. The smallest absolute Gasteiger partial charge is 0.416 e. The molecule has 2 fully saturated rings. The molecule has 1 amide bonds. The highest BCUT2D eigenvalue weighted by Gasteiger charge is 2.36. The maximum Gasteiger partial charge on any atom is 0.416 e. The fourth-order valence-corrected chi connectivity index (χ4v) is 6.90. The zero-order valence-corrected chi connectivity index (χ0v) is 27.4. The summed E-state index contributed by atoms with van der Waals surface area (Å²) in [7, 11) is 2.04. The summed E-state index contributed by atoms with van der Waals surface area (Å²) in [5.41, 5.74) is 2.17. The van der Waals surface area contributed by atoms with Crippen LogP contribution >= 0.6 is 0 Å². The summed E-state index contributed by atoms with van der Waals surface area (Å²) in [6, 6.07) is 13.8. The molecule has 0 radical (unpaired) electrons. The molecular formula is C35H36F3N9O3. The van der Waals surface area contributed by atoms with E-state index in [9.17, 15) is 23.2 Å². The predicted octanol–water partition coefficient (Wildman–Crippen LogP) is 5.66. The average molecular weight is 688 g/mol. The molecule has 0 aliphatic carbocycles. The van der Waals surface area contributed by atoms with Crippen LogP contribution in [0.15, 0.2) is 54.9 Å². The van der Waals surface area contributed by atoms with Gasteiger partial charge in [0.15, 0.2) is 5.82 Å². The summed E-state index contributed by atoms with van der Waals surface area (Å²) in [5, 5.41) is 16.8. The van der Waals surface area contributed by atoms with Gasteiger partial charge in [0, 0.05) is 49.2 Å². The van der Waals surface area contributed by atoms with E-state index in [0.717, 1.165) is 31.0 Å². The fraction of sp³-hybridized carbons (Fsp3) is 0.400. The molecule has 260 valence electrons. The highest BCUT2D eigenvalue weighted by Crippen LogP contribution is 2.38. The number of halogens is 3. The van der Waals surface area contributed by atoms with Gasteiger partial charge >= 0.3 is 18.3 Å². The number of rotatable bonds is 9. The van der Waals surface area contributed by atoms with Gasteiger partial charge in [-0.15, -0.1) is 0 Å². The number of nitrogens with one attached hydrogen (secondary N) is 2. The number of likely N-dealkylation sites (N-methyl/N-ethyl adjacent to an activating group) is 1. The Kier molecular flexibility index (Phi) is 9.20. The van der Waals surface area contributed by atoms with Crippen molar-refractivity contribution in [1.29, 1.82) is 5.26 Å². The van der Waals surface area contributed by atoms with Crippen molar-refractivity contribution in [3.63, 3.8) is 0 Å². The Morgan fingerprint density at radius 2 is 1.94 bits per heavy atom. The minimum atomic E-state index is -4.58. The van der Waals surface area contributed by atoms with Gasteiger partial charge in [-0.3, -0.25) is 5.10 Å². The number of amides is 1. The van der Waals surface area contributed by atoms with Crippen LogP contribution < -0.4 is 9.64 Å². The largest absolute Gasteiger partial charge is 0.462 e. The summed E-state index contributed by atoms with van der Waals surface area (Å²) >= 11 is 0. The first-order valence-electron chi connectivity index (χ1n) is 16.5. The third-order valence-electron chi connectivity index (χ3n) is 9.60. The van der Waals surface area contributed by atoms with Gasteiger partial charge in [0.25, 0.3) is 0 Å². The van der Waals surface area contributed by atoms with Crippen LogP contribution in [0.5, 0.6) is 6.01 Å². The highest BCUT2D eigenvalue weighted by molar-refractivity contribution is 5.91. The summed E-state index contributed by atoms with van der Waals surface area (Å²) in [5.74, 6) is 0.480. The number of likely N-dealkylation sites (tertiary alicyclic amines) is 1. The maximum atomic E-state index is 14.2. The number of alkyl halides is 3. The number of H-pyrrole nitrogens is 2. The zero-order chi connectivity index (χ0) is 34.8. The van der Waals surface area contributed by atoms with E-state index in [4.69, 9.17) is 19.4 Å². The molecule has 50 heavy (non-hydrogen) atoms. The van der Waals surface area contributed by atoms with E-state index in [0.29, 0.717) is 46.5 Å². The number of piperazine rings is 1. The monoisotopic (exact) mass is 687 g/mol. The van der Waals surface area contributed by atoms with Crippen molar-refractivity contribution in [2.24, 2.45) is 0 Å². The SMILES string of the molecule is CN1CCC[C@H]1COc1nc(N2CCN(C(=O)OCc3ccccc3)[C@@H](CC#N)C2)c2[nH]cc(Cc3c(C(F)(F)F)ccc4[nH]ncc34)c2n1. The minimum absolute atomic E-state index is 0.0629. The van der Waals surface area contributed by atoms with Crippen LogP contribution in [0, 0.1) is 11.3 Å². The van der Waals surface area contributed by atoms with E-state index in [1.54, 1.807) is 11.1 Å². The lowest BCUT2D eigenvalue weighted by molar-refractivity contribution is -0.138. The maximum absolute atomic E-state index is 14.2. The van der Waals surface area contributed by atoms with E-state index < -0.39 is 23.9 Å². The van der Waals surface area contributed by atoms with Gasteiger partial charge in [-0.1, -0.05) is 30.3 Å². The van der Waals surface area contributed by atoms with Crippen molar-refractivity contribution in [3.8, 4) is 12.1 Å². The number of aromatic amines is 2. The van der Waals surface area contributed by atoms with Gasteiger partial charge in [0.2, 0.25) is 0 Å². The number of hydrogen-bond donors (Lipinski definition) is 2. The third kappa shape index (κ3) is 6.75. The number of carbonyl (C=O) groups is 1. The van der Waals surface area contributed by atoms with Crippen molar-refractivity contribution in [2.75, 3.05) is 44.7 Å². The van der Waals surface area contributed by atoms with Crippen molar-refractivity contribution >= 4 is 33.8 Å². The third-order valence-corrected chi connectivity index (χ3v) is 9.60. The van der Waals surface area contributed by atoms with Crippen LogP contribution in [-0.2, 0) is 23.9 Å². The van der Waals surface area contributed by atoms with Crippen LogP contribution in [0.2, 0.25) is 0 Å². The molecule has 2 atom stereocenters. The number of aromatic nitrogens is 5. The average Bonchev–Trinajstić information content (AvgIpc) is 3.86. The quantitative estimate of drug-likeness (QED) is 0.201. The zero-order valence-electron chi connectivity index (χ0n) is 27.4. The molecule has 2 saturated heterocycles. The Morgan fingerprint density at radius 3 is 2.70 bits per heavy atom. The number of carbonyl (C=O) groups excluding carboxylic acids is 1. The van der Waals surface area contributed by atoms with Crippen LogP contribution in [0.1, 0.15) is 41.5 Å².